The number of ether oxygens (including phenoxy) is 2. The molecule has 5 nitrogen and oxygen atoms in total. The molecular weight excluding hydrogens is 268 g/mol. The number of carbonyl (C=O) groups is 1. The molecule has 0 aliphatic heterocycles. The zero-order valence-corrected chi connectivity index (χ0v) is 12.4. The van der Waals surface area contributed by atoms with E-state index in [1.165, 1.54) is 7.11 Å². The quantitative estimate of drug-likeness (QED) is 0.731. The van der Waals surface area contributed by atoms with Gasteiger partial charge in [-0.25, -0.2) is 0 Å². The summed E-state index contributed by atoms with van der Waals surface area (Å²) in [5.74, 6) is -0.212. The lowest BCUT2D eigenvalue weighted by atomic mass is 10.1. The van der Waals surface area contributed by atoms with Crippen LogP contribution in [0.15, 0.2) is 36.5 Å². The molecule has 2 rings (SSSR count). The van der Waals surface area contributed by atoms with Crippen molar-refractivity contribution in [2.24, 2.45) is 0 Å². The molecule has 0 fully saturated rings. The number of hydrogen-bond acceptors (Lipinski definition) is 5. The molecule has 0 radical (unpaired) electrons. The van der Waals surface area contributed by atoms with Crippen molar-refractivity contribution in [3.8, 4) is 0 Å². The summed E-state index contributed by atoms with van der Waals surface area (Å²) in [4.78, 5) is 17.9. The van der Waals surface area contributed by atoms with Crippen molar-refractivity contribution in [2.45, 2.75) is 6.42 Å². The average molecular weight is 288 g/mol. The van der Waals surface area contributed by atoms with Crippen LogP contribution in [0.1, 0.15) is 6.42 Å². The van der Waals surface area contributed by atoms with Crippen LogP contribution in [0.2, 0.25) is 0 Å². The summed E-state index contributed by atoms with van der Waals surface area (Å²) in [5, 5.41) is 1.07. The lowest BCUT2D eigenvalue weighted by molar-refractivity contribution is -0.140. The Labute approximate surface area is 124 Å². The van der Waals surface area contributed by atoms with Crippen molar-refractivity contribution in [3.63, 3.8) is 0 Å². The monoisotopic (exact) mass is 288 g/mol. The number of aromatic nitrogens is 1. The largest absolute Gasteiger partial charge is 0.469 e. The van der Waals surface area contributed by atoms with Gasteiger partial charge in [-0.15, -0.1) is 0 Å². The first kappa shape index (κ1) is 15.3. The Hall–Kier alpha value is -2.14. The molecule has 1 aromatic heterocycles. The second kappa shape index (κ2) is 7.59. The zero-order chi connectivity index (χ0) is 15.1. The maximum Gasteiger partial charge on any atom is 0.307 e. The Kier molecular flexibility index (Phi) is 5.51. The first-order valence-electron chi connectivity index (χ1n) is 6.90. The number of pyridine rings is 1. The van der Waals surface area contributed by atoms with Gasteiger partial charge in [-0.3, -0.25) is 9.78 Å². The number of benzene rings is 1. The van der Waals surface area contributed by atoms with Gasteiger partial charge in [0.15, 0.2) is 0 Å². The van der Waals surface area contributed by atoms with Gasteiger partial charge in [0.2, 0.25) is 0 Å². The summed E-state index contributed by atoms with van der Waals surface area (Å²) in [5.41, 5.74) is 2.00. The number of methoxy groups -OCH3 is 2. The van der Waals surface area contributed by atoms with E-state index in [9.17, 15) is 4.79 Å². The zero-order valence-electron chi connectivity index (χ0n) is 12.4. The Balaban J connectivity index is 2.27. The van der Waals surface area contributed by atoms with Crippen LogP contribution >= 0.6 is 0 Å². The Bertz CT molecular complexity index is 596. The van der Waals surface area contributed by atoms with Crippen LogP contribution in [0.5, 0.6) is 0 Å². The standard InChI is InChI=1S/C16H20N2O3/c1-20-12-11-18(10-8-16(19)21-2)15-7-9-17-14-6-4-3-5-13(14)15/h3-7,9H,8,10-12H2,1-2H3. The molecule has 0 aliphatic carbocycles. The number of esters is 1. The molecule has 0 bridgehead atoms. The summed E-state index contributed by atoms with van der Waals surface area (Å²) in [6.45, 7) is 1.89. The molecule has 112 valence electrons. The summed E-state index contributed by atoms with van der Waals surface area (Å²) >= 11 is 0. The van der Waals surface area contributed by atoms with Crippen molar-refractivity contribution in [2.75, 3.05) is 38.8 Å². The van der Waals surface area contributed by atoms with Crippen LogP contribution in [-0.2, 0) is 14.3 Å². The van der Waals surface area contributed by atoms with E-state index in [2.05, 4.69) is 9.88 Å². The van der Waals surface area contributed by atoms with E-state index in [1.54, 1.807) is 13.3 Å². The van der Waals surface area contributed by atoms with Crippen LogP contribution in [0, 0.1) is 0 Å². The summed E-state index contributed by atoms with van der Waals surface area (Å²) < 4.78 is 9.88. The molecule has 0 saturated heterocycles. The summed E-state index contributed by atoms with van der Waals surface area (Å²) in [7, 11) is 3.08. The predicted octanol–water partition coefficient (Wildman–Crippen LogP) is 2.25. The van der Waals surface area contributed by atoms with E-state index < -0.39 is 0 Å². The molecule has 0 saturated carbocycles. The topological polar surface area (TPSA) is 51.7 Å². The van der Waals surface area contributed by atoms with Gasteiger partial charge in [-0.2, -0.15) is 0 Å². The SMILES string of the molecule is COCCN(CCC(=O)OC)c1ccnc2ccccc12. The molecule has 0 N–H and O–H groups in total. The van der Waals surface area contributed by atoms with Crippen molar-refractivity contribution >= 4 is 22.6 Å². The molecule has 0 amide bonds. The van der Waals surface area contributed by atoms with Crippen molar-refractivity contribution in [3.05, 3.63) is 36.5 Å². The van der Waals surface area contributed by atoms with Crippen LogP contribution < -0.4 is 4.90 Å². The van der Waals surface area contributed by atoms with Gasteiger partial charge in [-0.1, -0.05) is 18.2 Å². The van der Waals surface area contributed by atoms with Crippen LogP contribution in [0.25, 0.3) is 10.9 Å². The van der Waals surface area contributed by atoms with Gasteiger partial charge < -0.3 is 14.4 Å². The van der Waals surface area contributed by atoms with Gasteiger partial charge in [-0.05, 0) is 12.1 Å². The average Bonchev–Trinajstić information content (AvgIpc) is 2.54. The highest BCUT2D eigenvalue weighted by Gasteiger charge is 2.12. The van der Waals surface area contributed by atoms with E-state index in [0.29, 0.717) is 26.1 Å². The van der Waals surface area contributed by atoms with E-state index in [0.717, 1.165) is 16.6 Å². The van der Waals surface area contributed by atoms with E-state index in [-0.39, 0.29) is 5.97 Å². The first-order valence-corrected chi connectivity index (χ1v) is 6.90. The highest BCUT2D eigenvalue weighted by molar-refractivity contribution is 5.91. The van der Waals surface area contributed by atoms with Crippen molar-refractivity contribution < 1.29 is 14.3 Å². The third-order valence-electron chi connectivity index (χ3n) is 3.35. The minimum Gasteiger partial charge on any atom is -0.469 e. The third-order valence-corrected chi connectivity index (χ3v) is 3.35. The molecule has 0 unspecified atom stereocenters. The Morgan fingerprint density at radius 1 is 1.19 bits per heavy atom. The molecule has 1 aromatic carbocycles. The maximum atomic E-state index is 11.4. The van der Waals surface area contributed by atoms with Gasteiger partial charge in [0.05, 0.1) is 25.7 Å². The van der Waals surface area contributed by atoms with Crippen LogP contribution in [0.3, 0.4) is 0 Å². The smallest absolute Gasteiger partial charge is 0.307 e. The number of hydrogen-bond donors (Lipinski definition) is 0. The second-order valence-electron chi connectivity index (χ2n) is 4.65. The minimum atomic E-state index is -0.212. The molecule has 21 heavy (non-hydrogen) atoms. The third kappa shape index (κ3) is 3.92. The lowest BCUT2D eigenvalue weighted by Crippen LogP contribution is -2.30. The van der Waals surface area contributed by atoms with Gasteiger partial charge in [0.25, 0.3) is 0 Å². The summed E-state index contributed by atoms with van der Waals surface area (Å²) in [6, 6.07) is 9.94. The predicted molar refractivity (Wildman–Crippen MR) is 82.5 cm³/mol. The number of para-hydroxylation sites is 1. The maximum absolute atomic E-state index is 11.4. The highest BCUT2D eigenvalue weighted by atomic mass is 16.5. The molecule has 1 heterocycles. The second-order valence-corrected chi connectivity index (χ2v) is 4.65. The fourth-order valence-corrected chi connectivity index (χ4v) is 2.24. The molecule has 2 aromatic rings. The van der Waals surface area contributed by atoms with Gasteiger partial charge >= 0.3 is 5.97 Å². The highest BCUT2D eigenvalue weighted by Crippen LogP contribution is 2.25. The number of rotatable bonds is 7. The Morgan fingerprint density at radius 2 is 2.00 bits per heavy atom. The number of nitrogens with zero attached hydrogens (tertiary/aromatic N) is 2. The van der Waals surface area contributed by atoms with Crippen molar-refractivity contribution in [1.29, 1.82) is 0 Å². The van der Waals surface area contributed by atoms with E-state index in [1.807, 2.05) is 30.3 Å². The van der Waals surface area contributed by atoms with Gasteiger partial charge in [0, 0.05) is 37.5 Å². The van der Waals surface area contributed by atoms with Crippen LogP contribution in [-0.4, -0.2) is 44.9 Å². The lowest BCUT2D eigenvalue weighted by Gasteiger charge is -2.25. The number of fused-ring (bicyclic) bond motifs is 1. The van der Waals surface area contributed by atoms with E-state index >= 15 is 0 Å². The van der Waals surface area contributed by atoms with Crippen LogP contribution in [0.4, 0.5) is 5.69 Å². The molecule has 0 atom stereocenters. The summed E-state index contributed by atoms with van der Waals surface area (Å²) in [6.07, 6.45) is 2.13. The van der Waals surface area contributed by atoms with E-state index in [4.69, 9.17) is 9.47 Å². The first-order chi connectivity index (χ1) is 10.3. The normalized spacial score (nSPS) is 10.6. The minimum absolute atomic E-state index is 0.212. The Morgan fingerprint density at radius 3 is 2.76 bits per heavy atom. The molecule has 0 aliphatic rings. The molecular formula is C16H20N2O3. The van der Waals surface area contributed by atoms with Crippen molar-refractivity contribution in [1.82, 2.24) is 4.98 Å². The number of anilines is 1. The van der Waals surface area contributed by atoms with Gasteiger partial charge in [0.1, 0.15) is 0 Å². The fraction of sp³-hybridized carbons (Fsp3) is 0.375. The fourth-order valence-electron chi connectivity index (χ4n) is 2.24. The number of carbonyl (C=O) groups excluding carboxylic acids is 1. The molecule has 0 spiro atoms. The molecule has 5 heteroatoms.